The summed E-state index contributed by atoms with van der Waals surface area (Å²) in [6.45, 7) is 6.20. The van der Waals surface area contributed by atoms with Crippen molar-refractivity contribution in [2.45, 2.75) is 39.2 Å². The number of benzene rings is 1. The normalized spacial score (nSPS) is 16.2. The molecule has 1 aliphatic rings. The summed E-state index contributed by atoms with van der Waals surface area (Å²) in [6, 6.07) is 6.02. The molecule has 2 heterocycles. The fourth-order valence-corrected chi connectivity index (χ4v) is 4.27. The van der Waals surface area contributed by atoms with E-state index in [4.69, 9.17) is 26.8 Å². The molecule has 8 heteroatoms. The molecule has 1 atom stereocenters. The minimum Gasteiger partial charge on any atom is -0.490 e. The molecule has 7 nitrogen and oxygen atoms in total. The first-order chi connectivity index (χ1) is 16.4. The molecule has 1 fully saturated rings. The zero-order chi connectivity index (χ0) is 24.5. The third kappa shape index (κ3) is 6.81. The Morgan fingerprint density at radius 1 is 1.41 bits per heavy atom. The summed E-state index contributed by atoms with van der Waals surface area (Å²) in [5.74, 6) is 0.662. The number of aryl methyl sites for hydroxylation is 1. The molecule has 1 aromatic heterocycles. The van der Waals surface area contributed by atoms with E-state index in [-0.39, 0.29) is 6.10 Å². The average molecular weight is 485 g/mol. The monoisotopic (exact) mass is 484 g/mol. The Kier molecular flexibility index (Phi) is 9.48. The smallest absolute Gasteiger partial charge is 0.209 e. The summed E-state index contributed by atoms with van der Waals surface area (Å²) in [7, 11) is 1.69. The quantitative estimate of drug-likeness (QED) is 0.385. The lowest BCUT2D eigenvalue weighted by Crippen LogP contribution is -2.34. The van der Waals surface area contributed by atoms with Crippen LogP contribution in [0.4, 0.5) is 0 Å². The van der Waals surface area contributed by atoms with Crippen molar-refractivity contribution >= 4 is 29.9 Å². The highest BCUT2D eigenvalue weighted by molar-refractivity contribution is 6.33. The van der Waals surface area contributed by atoms with Gasteiger partial charge in [-0.25, -0.2) is 0 Å². The number of halogens is 1. The molecule has 34 heavy (non-hydrogen) atoms. The Bertz CT molecular complexity index is 1030. The molecule has 1 unspecified atom stereocenters. The van der Waals surface area contributed by atoms with E-state index in [9.17, 15) is 4.79 Å². The van der Waals surface area contributed by atoms with E-state index in [0.29, 0.717) is 48.3 Å². The lowest BCUT2D eigenvalue weighted by molar-refractivity contribution is -0.120. The number of hydrogen-bond donors (Lipinski definition) is 1. The number of carbonyl (C=O) groups excluding carboxylic acids is 1. The van der Waals surface area contributed by atoms with Crippen LogP contribution in [0.1, 0.15) is 40.8 Å². The van der Waals surface area contributed by atoms with Gasteiger partial charge in [0.15, 0.2) is 0 Å². The lowest BCUT2D eigenvalue weighted by atomic mass is 9.98. The highest BCUT2D eigenvalue weighted by Gasteiger charge is 2.19. The van der Waals surface area contributed by atoms with Crippen LogP contribution in [0.5, 0.6) is 5.75 Å². The van der Waals surface area contributed by atoms with Gasteiger partial charge in [0.2, 0.25) is 6.41 Å². The maximum absolute atomic E-state index is 11.4. The number of nitrogens with zero attached hydrogens (tertiary/aromatic N) is 3. The van der Waals surface area contributed by atoms with E-state index < -0.39 is 0 Å². The summed E-state index contributed by atoms with van der Waals surface area (Å²) >= 11 is 6.69. The number of aromatic nitrogens is 1. The van der Waals surface area contributed by atoms with Crippen LogP contribution in [0, 0.1) is 13.8 Å². The van der Waals surface area contributed by atoms with E-state index in [1.807, 2.05) is 32.2 Å². The van der Waals surface area contributed by atoms with Gasteiger partial charge in [0.05, 0.1) is 29.1 Å². The van der Waals surface area contributed by atoms with Gasteiger partial charge in [-0.2, -0.15) is 0 Å². The maximum Gasteiger partial charge on any atom is 0.209 e. The standard InChI is InChI=1S/C26H33ClN4O3/c1-18-13-21(14-20-6-7-24(30-15-20)23(28)8-9-29-3)19(2)25(27)26(18)34-12-10-31(17-32)16-22-5-4-11-33-22/h6-9,13,15,17,22H,4-5,10-12,14,16,28H2,1-3H3/b23-8-,29-9?. The van der Waals surface area contributed by atoms with Crippen molar-refractivity contribution in [2.75, 3.05) is 33.4 Å². The topological polar surface area (TPSA) is 90.0 Å². The average Bonchev–Trinajstić information content (AvgIpc) is 3.35. The van der Waals surface area contributed by atoms with E-state index >= 15 is 0 Å². The highest BCUT2D eigenvalue weighted by Crippen LogP contribution is 2.35. The number of rotatable bonds is 11. The van der Waals surface area contributed by atoms with Gasteiger partial charge < -0.3 is 20.1 Å². The first-order valence-electron chi connectivity index (χ1n) is 11.5. The number of hydrogen-bond acceptors (Lipinski definition) is 6. The Labute approximate surface area is 206 Å². The molecular formula is C26H33ClN4O3. The van der Waals surface area contributed by atoms with Crippen LogP contribution in [-0.4, -0.2) is 62.0 Å². The first kappa shape index (κ1) is 25.7. The van der Waals surface area contributed by atoms with E-state index in [0.717, 1.165) is 48.1 Å². The van der Waals surface area contributed by atoms with Gasteiger partial charge in [-0.15, -0.1) is 0 Å². The molecule has 0 radical (unpaired) electrons. The second-order valence-electron chi connectivity index (χ2n) is 8.46. The molecule has 0 aliphatic carbocycles. The third-order valence-electron chi connectivity index (χ3n) is 5.91. The molecule has 182 valence electrons. The summed E-state index contributed by atoms with van der Waals surface area (Å²) in [4.78, 5) is 21.5. The van der Waals surface area contributed by atoms with E-state index in [1.165, 1.54) is 0 Å². The van der Waals surface area contributed by atoms with Crippen LogP contribution in [-0.2, 0) is 16.0 Å². The lowest BCUT2D eigenvalue weighted by Gasteiger charge is -2.22. The number of allylic oxidation sites excluding steroid dienone is 1. The molecule has 3 rings (SSSR count). The van der Waals surface area contributed by atoms with Gasteiger partial charge in [0.25, 0.3) is 0 Å². The summed E-state index contributed by atoms with van der Waals surface area (Å²) in [5, 5.41) is 0.599. The molecule has 2 N–H and O–H groups in total. The van der Waals surface area contributed by atoms with Crippen LogP contribution in [0.25, 0.3) is 5.70 Å². The predicted molar refractivity (Wildman–Crippen MR) is 137 cm³/mol. The SMILES string of the molecule is CN=C/C=C(\N)c1ccc(Cc2cc(C)c(OCCN(C=O)CC3CCCO3)c(Cl)c2C)cn1. The first-order valence-corrected chi connectivity index (χ1v) is 11.9. The second-order valence-corrected chi connectivity index (χ2v) is 8.84. The molecule has 1 amide bonds. The van der Waals surface area contributed by atoms with Crippen molar-refractivity contribution < 1.29 is 14.3 Å². The van der Waals surface area contributed by atoms with E-state index in [1.54, 1.807) is 24.2 Å². The molecule has 1 aliphatic heterocycles. The molecule has 0 spiro atoms. The number of aliphatic imine (C=N–C) groups is 1. The van der Waals surface area contributed by atoms with Crippen molar-refractivity contribution in [3.63, 3.8) is 0 Å². The van der Waals surface area contributed by atoms with Crippen LogP contribution in [0.3, 0.4) is 0 Å². The minimum absolute atomic E-state index is 0.123. The number of amides is 1. The highest BCUT2D eigenvalue weighted by atomic mass is 35.5. The Hall–Kier alpha value is -2.90. The largest absolute Gasteiger partial charge is 0.490 e. The number of ether oxygens (including phenoxy) is 2. The van der Waals surface area contributed by atoms with Gasteiger partial charge in [0, 0.05) is 32.6 Å². The maximum atomic E-state index is 11.4. The Morgan fingerprint density at radius 2 is 2.24 bits per heavy atom. The fraction of sp³-hybridized carbons (Fsp3) is 0.423. The Morgan fingerprint density at radius 3 is 2.88 bits per heavy atom. The summed E-state index contributed by atoms with van der Waals surface area (Å²) in [5.41, 5.74) is 11.4. The Balaban J connectivity index is 1.63. The van der Waals surface area contributed by atoms with Crippen molar-refractivity contribution in [2.24, 2.45) is 10.7 Å². The number of pyridine rings is 1. The fourth-order valence-electron chi connectivity index (χ4n) is 3.94. The minimum atomic E-state index is 0.123. The van der Waals surface area contributed by atoms with Crippen LogP contribution in [0.2, 0.25) is 5.02 Å². The number of nitrogens with two attached hydrogens (primary N) is 1. The van der Waals surface area contributed by atoms with Crippen LogP contribution >= 0.6 is 11.6 Å². The van der Waals surface area contributed by atoms with Crippen molar-refractivity contribution in [3.8, 4) is 5.75 Å². The molecule has 0 bridgehead atoms. The molecular weight excluding hydrogens is 452 g/mol. The second kappa shape index (κ2) is 12.5. The number of carbonyl (C=O) groups is 1. The summed E-state index contributed by atoms with van der Waals surface area (Å²) in [6.07, 6.45) is 8.91. The van der Waals surface area contributed by atoms with Gasteiger partial charge in [-0.05, 0) is 67.5 Å². The van der Waals surface area contributed by atoms with Crippen LogP contribution in [0.15, 0.2) is 35.5 Å². The van der Waals surface area contributed by atoms with Crippen LogP contribution < -0.4 is 10.5 Å². The van der Waals surface area contributed by atoms with E-state index in [2.05, 4.69) is 16.0 Å². The predicted octanol–water partition coefficient (Wildman–Crippen LogP) is 3.96. The molecule has 1 saturated heterocycles. The molecule has 0 saturated carbocycles. The van der Waals surface area contributed by atoms with Crippen molar-refractivity contribution in [1.29, 1.82) is 0 Å². The zero-order valence-electron chi connectivity index (χ0n) is 20.1. The zero-order valence-corrected chi connectivity index (χ0v) is 20.8. The third-order valence-corrected chi connectivity index (χ3v) is 6.37. The van der Waals surface area contributed by atoms with Crippen molar-refractivity contribution in [1.82, 2.24) is 9.88 Å². The van der Waals surface area contributed by atoms with Crippen molar-refractivity contribution in [3.05, 3.63) is 63.4 Å². The molecule has 1 aromatic carbocycles. The van der Waals surface area contributed by atoms with Gasteiger partial charge in [-0.1, -0.05) is 23.7 Å². The van der Waals surface area contributed by atoms with Gasteiger partial charge >= 0.3 is 0 Å². The summed E-state index contributed by atoms with van der Waals surface area (Å²) < 4.78 is 11.6. The van der Waals surface area contributed by atoms with Gasteiger partial charge in [-0.3, -0.25) is 14.8 Å². The molecule has 2 aromatic rings. The van der Waals surface area contributed by atoms with Gasteiger partial charge in [0.1, 0.15) is 12.4 Å².